The van der Waals surface area contributed by atoms with Gasteiger partial charge in [-0.1, -0.05) is 0 Å². The van der Waals surface area contributed by atoms with E-state index in [1.165, 1.54) is 0 Å². The molecule has 1 atom stereocenters. The van der Waals surface area contributed by atoms with Gasteiger partial charge in [-0.15, -0.1) is 0 Å². The van der Waals surface area contributed by atoms with Gasteiger partial charge in [0.15, 0.2) is 0 Å². The highest BCUT2D eigenvalue weighted by Crippen LogP contribution is 2.13. The lowest BCUT2D eigenvalue weighted by atomic mass is 10.2. The number of hydrogen-bond acceptors (Lipinski definition) is 5. The molecule has 1 unspecified atom stereocenters. The Morgan fingerprint density at radius 1 is 1.36 bits per heavy atom. The molecule has 25 heavy (non-hydrogen) atoms. The summed E-state index contributed by atoms with van der Waals surface area (Å²) in [5.41, 5.74) is -0.496. The number of rotatable bonds is 4. The molecule has 0 spiro atoms. The molecule has 2 N–H and O–H groups in total. The van der Waals surface area contributed by atoms with Crippen molar-refractivity contribution in [2.24, 2.45) is 0 Å². The maximum atomic E-state index is 12.5. The zero-order chi connectivity index (χ0) is 17.8. The predicted molar refractivity (Wildman–Crippen MR) is 89.4 cm³/mol. The lowest BCUT2D eigenvalue weighted by Crippen LogP contribution is -2.41. The molecule has 0 radical (unpaired) electrons. The van der Waals surface area contributed by atoms with Gasteiger partial charge < -0.3 is 15.0 Å². The first-order valence-corrected chi connectivity index (χ1v) is 7.84. The molecule has 0 saturated carbocycles. The number of nitrogens with one attached hydrogen (secondary N) is 2. The Balaban J connectivity index is 1.83. The Morgan fingerprint density at radius 3 is 2.76 bits per heavy atom. The van der Waals surface area contributed by atoms with Crippen molar-refractivity contribution < 1.29 is 9.53 Å². The lowest BCUT2D eigenvalue weighted by Gasteiger charge is -2.12. The van der Waals surface area contributed by atoms with E-state index in [-0.39, 0.29) is 18.2 Å². The van der Waals surface area contributed by atoms with Crippen LogP contribution in [0.4, 0.5) is 5.69 Å². The minimum absolute atomic E-state index is 0.117. The standard InChI is InChI=1S/C17H16N4O4/c18-8-11-3-5-12(6-4-11)20-15(22)14-9-19-17(24)21(16(14)23)10-13-2-1-7-25-13/h3-6,9,13H,1-2,7,10H2,(H,19,24)(H,20,22). The maximum absolute atomic E-state index is 12.5. The highest BCUT2D eigenvalue weighted by atomic mass is 16.5. The summed E-state index contributed by atoms with van der Waals surface area (Å²) in [5.74, 6) is -0.632. The number of amides is 1. The van der Waals surface area contributed by atoms with E-state index < -0.39 is 17.2 Å². The molecule has 1 aromatic heterocycles. The van der Waals surface area contributed by atoms with Gasteiger partial charge in [-0.3, -0.25) is 14.2 Å². The quantitative estimate of drug-likeness (QED) is 0.855. The van der Waals surface area contributed by atoms with Crippen LogP contribution >= 0.6 is 0 Å². The van der Waals surface area contributed by atoms with Gasteiger partial charge in [0.1, 0.15) is 5.56 Å². The molecule has 1 amide bonds. The first kappa shape index (κ1) is 16.7. The Kier molecular flexibility index (Phi) is 4.77. The molecule has 0 aliphatic carbocycles. The molecule has 2 aromatic rings. The van der Waals surface area contributed by atoms with Gasteiger partial charge in [-0.05, 0) is 37.1 Å². The van der Waals surface area contributed by atoms with Crippen molar-refractivity contribution in [1.82, 2.24) is 9.55 Å². The van der Waals surface area contributed by atoms with Crippen LogP contribution in [0.5, 0.6) is 0 Å². The summed E-state index contributed by atoms with van der Waals surface area (Å²) in [6.07, 6.45) is 2.56. The largest absolute Gasteiger partial charge is 0.376 e. The predicted octanol–water partition coefficient (Wildman–Crippen LogP) is 0.840. The number of H-pyrrole nitrogens is 1. The monoisotopic (exact) mass is 340 g/mol. The molecular weight excluding hydrogens is 324 g/mol. The van der Waals surface area contributed by atoms with Gasteiger partial charge in [0, 0.05) is 18.5 Å². The van der Waals surface area contributed by atoms with Crippen LogP contribution in [-0.4, -0.2) is 28.2 Å². The minimum Gasteiger partial charge on any atom is -0.376 e. The van der Waals surface area contributed by atoms with Crippen LogP contribution in [0.1, 0.15) is 28.8 Å². The minimum atomic E-state index is -0.662. The molecule has 8 nitrogen and oxygen atoms in total. The molecule has 3 rings (SSSR count). The van der Waals surface area contributed by atoms with Gasteiger partial charge in [0.2, 0.25) is 0 Å². The van der Waals surface area contributed by atoms with Crippen LogP contribution in [-0.2, 0) is 11.3 Å². The molecule has 1 aliphatic heterocycles. The fourth-order valence-corrected chi connectivity index (χ4v) is 2.66. The topological polar surface area (TPSA) is 117 Å². The number of nitriles is 1. The Hall–Kier alpha value is -3.18. The van der Waals surface area contributed by atoms with Crippen molar-refractivity contribution >= 4 is 11.6 Å². The molecule has 1 saturated heterocycles. The van der Waals surface area contributed by atoms with Crippen LogP contribution in [0.3, 0.4) is 0 Å². The van der Waals surface area contributed by atoms with Crippen molar-refractivity contribution in [3.63, 3.8) is 0 Å². The summed E-state index contributed by atoms with van der Waals surface area (Å²) in [7, 11) is 0. The second kappa shape index (κ2) is 7.15. The van der Waals surface area contributed by atoms with Gasteiger partial charge in [-0.25, -0.2) is 4.79 Å². The van der Waals surface area contributed by atoms with E-state index in [1.54, 1.807) is 24.3 Å². The number of carbonyl (C=O) groups excluding carboxylic acids is 1. The second-order valence-corrected chi connectivity index (χ2v) is 5.70. The molecule has 2 heterocycles. The van der Waals surface area contributed by atoms with E-state index in [9.17, 15) is 14.4 Å². The smallest absolute Gasteiger partial charge is 0.328 e. The second-order valence-electron chi connectivity index (χ2n) is 5.70. The van der Waals surface area contributed by atoms with Crippen molar-refractivity contribution in [2.75, 3.05) is 11.9 Å². The zero-order valence-electron chi connectivity index (χ0n) is 13.3. The van der Waals surface area contributed by atoms with E-state index in [0.29, 0.717) is 17.9 Å². The maximum Gasteiger partial charge on any atom is 0.328 e. The molecule has 8 heteroatoms. The number of aromatic amines is 1. The molecule has 1 aromatic carbocycles. The Labute approximate surface area is 142 Å². The van der Waals surface area contributed by atoms with Crippen LogP contribution in [0.15, 0.2) is 40.1 Å². The average Bonchev–Trinajstić information content (AvgIpc) is 3.12. The summed E-state index contributed by atoms with van der Waals surface area (Å²) in [6.45, 7) is 0.725. The van der Waals surface area contributed by atoms with Gasteiger partial charge in [0.25, 0.3) is 11.5 Å². The summed E-state index contributed by atoms with van der Waals surface area (Å²) < 4.78 is 6.44. The van der Waals surface area contributed by atoms with Crippen molar-refractivity contribution in [2.45, 2.75) is 25.5 Å². The van der Waals surface area contributed by atoms with Crippen molar-refractivity contribution in [3.05, 3.63) is 62.4 Å². The number of carbonyl (C=O) groups is 1. The number of anilines is 1. The third-order valence-corrected chi connectivity index (χ3v) is 3.99. The summed E-state index contributed by atoms with van der Waals surface area (Å²) in [5, 5.41) is 11.3. The first-order chi connectivity index (χ1) is 12.1. The van der Waals surface area contributed by atoms with Crippen molar-refractivity contribution in [1.29, 1.82) is 5.26 Å². The summed E-state index contributed by atoms with van der Waals surface area (Å²) >= 11 is 0. The average molecular weight is 340 g/mol. The lowest BCUT2D eigenvalue weighted by molar-refractivity contribution is 0.0941. The van der Waals surface area contributed by atoms with Gasteiger partial charge in [0.05, 0.1) is 24.3 Å². The van der Waals surface area contributed by atoms with E-state index in [2.05, 4.69) is 10.3 Å². The van der Waals surface area contributed by atoms with Crippen LogP contribution in [0.25, 0.3) is 0 Å². The molecule has 1 fully saturated rings. The third kappa shape index (κ3) is 3.67. The van der Waals surface area contributed by atoms with Crippen LogP contribution in [0.2, 0.25) is 0 Å². The van der Waals surface area contributed by atoms with Crippen LogP contribution in [0, 0.1) is 11.3 Å². The summed E-state index contributed by atoms with van der Waals surface area (Å²) in [6, 6.07) is 8.21. The summed E-state index contributed by atoms with van der Waals surface area (Å²) in [4.78, 5) is 39.2. The SMILES string of the molecule is N#Cc1ccc(NC(=O)c2c[nH]c(=O)n(CC3CCCO3)c2=O)cc1. The zero-order valence-corrected chi connectivity index (χ0v) is 13.3. The van der Waals surface area contributed by atoms with Gasteiger partial charge >= 0.3 is 5.69 Å². The van der Waals surface area contributed by atoms with E-state index in [0.717, 1.165) is 23.6 Å². The normalized spacial score (nSPS) is 16.4. The van der Waals surface area contributed by atoms with Crippen LogP contribution < -0.4 is 16.6 Å². The third-order valence-electron chi connectivity index (χ3n) is 3.99. The fraction of sp³-hybridized carbons (Fsp3) is 0.294. The molecule has 0 bridgehead atoms. The highest BCUT2D eigenvalue weighted by molar-refractivity contribution is 6.03. The fourth-order valence-electron chi connectivity index (χ4n) is 2.66. The molecule has 128 valence electrons. The van der Waals surface area contributed by atoms with Gasteiger partial charge in [-0.2, -0.15) is 5.26 Å². The Morgan fingerprint density at radius 2 is 2.12 bits per heavy atom. The highest BCUT2D eigenvalue weighted by Gasteiger charge is 2.20. The van der Waals surface area contributed by atoms with E-state index in [4.69, 9.17) is 10.00 Å². The Bertz CT molecular complexity index is 931. The number of nitrogens with zero attached hydrogens (tertiary/aromatic N) is 2. The first-order valence-electron chi connectivity index (χ1n) is 7.84. The molecular formula is C17H16N4O4. The number of hydrogen-bond donors (Lipinski definition) is 2. The van der Waals surface area contributed by atoms with E-state index in [1.807, 2.05) is 6.07 Å². The number of aromatic nitrogens is 2. The molecule has 1 aliphatic rings. The number of ether oxygens (including phenoxy) is 1. The number of benzene rings is 1. The van der Waals surface area contributed by atoms with Crippen molar-refractivity contribution in [3.8, 4) is 6.07 Å². The van der Waals surface area contributed by atoms with E-state index >= 15 is 0 Å².